The van der Waals surface area contributed by atoms with Gasteiger partial charge in [0.25, 0.3) is 5.91 Å². The first-order chi connectivity index (χ1) is 17.5. The summed E-state index contributed by atoms with van der Waals surface area (Å²) in [5.74, 6) is 1.14. The Labute approximate surface area is 214 Å². The Bertz CT molecular complexity index is 1180. The summed E-state index contributed by atoms with van der Waals surface area (Å²) in [6, 6.07) is 23.9. The zero-order valence-electron chi connectivity index (χ0n) is 21.3. The van der Waals surface area contributed by atoms with Crippen molar-refractivity contribution in [2.45, 2.75) is 32.3 Å². The number of carbonyl (C=O) groups excluding carboxylic acids is 1. The van der Waals surface area contributed by atoms with Crippen LogP contribution < -0.4 is 0 Å². The second-order valence-electron chi connectivity index (χ2n) is 10.0. The van der Waals surface area contributed by atoms with E-state index in [2.05, 4.69) is 41.3 Å². The van der Waals surface area contributed by atoms with Crippen LogP contribution in [-0.2, 0) is 10.3 Å². The summed E-state index contributed by atoms with van der Waals surface area (Å²) in [6.07, 6.45) is 2.65. The monoisotopic (exact) mass is 484 g/mol. The third-order valence-electron chi connectivity index (χ3n) is 7.60. The van der Waals surface area contributed by atoms with E-state index in [0.717, 1.165) is 47.8 Å². The molecule has 5 rings (SSSR count). The minimum atomic E-state index is -0.596. The predicted octanol–water partition coefficient (Wildman–Crippen LogP) is 5.53. The van der Waals surface area contributed by atoms with Crippen LogP contribution in [0.2, 0.25) is 0 Å². The maximum atomic E-state index is 12.9. The third-order valence-corrected chi connectivity index (χ3v) is 7.60. The van der Waals surface area contributed by atoms with E-state index in [1.807, 2.05) is 43.0 Å². The van der Waals surface area contributed by atoms with Crippen LogP contribution in [0.15, 0.2) is 72.8 Å². The van der Waals surface area contributed by atoms with Gasteiger partial charge in [0.05, 0.1) is 6.61 Å². The summed E-state index contributed by atoms with van der Waals surface area (Å²) in [4.78, 5) is 17.3. The van der Waals surface area contributed by atoms with Crippen molar-refractivity contribution in [3.8, 4) is 16.9 Å². The Hall–Kier alpha value is -3.15. The number of aromatic hydroxyl groups is 1. The molecule has 2 fully saturated rings. The Morgan fingerprint density at radius 3 is 2.25 bits per heavy atom. The van der Waals surface area contributed by atoms with Crippen LogP contribution in [0.25, 0.3) is 11.1 Å². The van der Waals surface area contributed by atoms with Crippen LogP contribution in [0.5, 0.6) is 5.75 Å². The molecular formula is C31H36N2O3. The predicted molar refractivity (Wildman–Crippen MR) is 143 cm³/mol. The second-order valence-corrected chi connectivity index (χ2v) is 10.0. The Morgan fingerprint density at radius 2 is 1.64 bits per heavy atom. The highest BCUT2D eigenvalue weighted by molar-refractivity contribution is 5.94. The molecule has 1 saturated carbocycles. The van der Waals surface area contributed by atoms with Crippen molar-refractivity contribution in [2.24, 2.45) is 5.92 Å². The summed E-state index contributed by atoms with van der Waals surface area (Å²) in [6.45, 7) is 8.94. The molecule has 1 atom stereocenters. The quantitative estimate of drug-likeness (QED) is 0.457. The van der Waals surface area contributed by atoms with Gasteiger partial charge in [0.2, 0.25) is 0 Å². The molecule has 1 saturated heterocycles. The standard InChI is InChI=1S/C31H36N2O3/c1-3-33(4-2)30(35)25-12-16-28(17-13-25)31(22-32(18-19-36-31)21-23-8-9-23)27-14-10-24(11-15-27)26-6-5-7-29(34)20-26/h5-7,10-17,20,23,34H,3-4,8-9,18-19,21-22H2,1-2H3. The fourth-order valence-corrected chi connectivity index (χ4v) is 5.32. The smallest absolute Gasteiger partial charge is 0.253 e. The van der Waals surface area contributed by atoms with Crippen molar-refractivity contribution in [1.82, 2.24) is 9.80 Å². The van der Waals surface area contributed by atoms with Crippen molar-refractivity contribution in [3.05, 3.63) is 89.5 Å². The van der Waals surface area contributed by atoms with E-state index < -0.39 is 5.60 Å². The van der Waals surface area contributed by atoms with Gasteiger partial charge in [0.15, 0.2) is 0 Å². The highest BCUT2D eigenvalue weighted by Crippen LogP contribution is 2.40. The number of nitrogens with zero attached hydrogens (tertiary/aromatic N) is 2. The first-order valence-electron chi connectivity index (χ1n) is 13.2. The van der Waals surface area contributed by atoms with Gasteiger partial charge in [0, 0.05) is 38.3 Å². The van der Waals surface area contributed by atoms with Gasteiger partial charge in [-0.1, -0.05) is 48.5 Å². The number of hydrogen-bond donors (Lipinski definition) is 1. The SMILES string of the molecule is CCN(CC)C(=O)c1ccc(C2(c3ccc(-c4cccc(O)c4)cc3)CN(CC3CC3)CCO2)cc1. The first kappa shape index (κ1) is 24.5. The number of phenolic OH excluding ortho intramolecular Hbond substituents is 1. The van der Waals surface area contributed by atoms with Crippen molar-refractivity contribution in [3.63, 3.8) is 0 Å². The second kappa shape index (κ2) is 10.5. The number of carbonyl (C=O) groups is 1. The van der Waals surface area contributed by atoms with Crippen LogP contribution in [0.3, 0.4) is 0 Å². The molecule has 3 aromatic rings. The summed E-state index contributed by atoms with van der Waals surface area (Å²) in [5.41, 5.74) is 4.33. The van der Waals surface area contributed by atoms with Crippen LogP contribution in [0, 0.1) is 5.92 Å². The van der Waals surface area contributed by atoms with Gasteiger partial charge in [-0.3, -0.25) is 9.69 Å². The molecule has 1 heterocycles. The largest absolute Gasteiger partial charge is 0.508 e. The van der Waals surface area contributed by atoms with Crippen LogP contribution in [-0.4, -0.2) is 60.1 Å². The Morgan fingerprint density at radius 1 is 0.972 bits per heavy atom. The van der Waals surface area contributed by atoms with Gasteiger partial charge in [-0.05, 0) is 79.1 Å². The maximum absolute atomic E-state index is 12.9. The maximum Gasteiger partial charge on any atom is 0.253 e. The van der Waals surface area contributed by atoms with Crippen LogP contribution >= 0.6 is 0 Å². The van der Waals surface area contributed by atoms with E-state index >= 15 is 0 Å². The van der Waals surface area contributed by atoms with E-state index in [1.54, 1.807) is 12.1 Å². The molecule has 5 nitrogen and oxygen atoms in total. The average molecular weight is 485 g/mol. The topological polar surface area (TPSA) is 53.0 Å². The van der Waals surface area contributed by atoms with Gasteiger partial charge in [-0.25, -0.2) is 0 Å². The number of benzene rings is 3. The number of phenols is 1. The van der Waals surface area contributed by atoms with E-state index in [4.69, 9.17) is 4.74 Å². The summed E-state index contributed by atoms with van der Waals surface area (Å²) >= 11 is 0. The van der Waals surface area contributed by atoms with Crippen LogP contribution in [0.4, 0.5) is 0 Å². The molecule has 3 aromatic carbocycles. The first-order valence-corrected chi connectivity index (χ1v) is 13.2. The van der Waals surface area contributed by atoms with E-state index in [-0.39, 0.29) is 11.7 Å². The molecule has 1 unspecified atom stereocenters. The molecule has 0 aromatic heterocycles. The lowest BCUT2D eigenvalue weighted by atomic mass is 9.83. The van der Waals surface area contributed by atoms with Gasteiger partial charge in [0.1, 0.15) is 11.4 Å². The molecule has 0 bridgehead atoms. The highest BCUT2D eigenvalue weighted by Gasteiger charge is 2.41. The Kier molecular flexibility index (Phi) is 7.13. The molecular weight excluding hydrogens is 448 g/mol. The fourth-order valence-electron chi connectivity index (χ4n) is 5.32. The van der Waals surface area contributed by atoms with Crippen molar-refractivity contribution in [1.29, 1.82) is 0 Å². The van der Waals surface area contributed by atoms with Gasteiger partial charge in [-0.2, -0.15) is 0 Å². The molecule has 1 aliphatic heterocycles. The number of morpholine rings is 1. The lowest BCUT2D eigenvalue weighted by molar-refractivity contribution is -0.0892. The van der Waals surface area contributed by atoms with E-state index in [0.29, 0.717) is 25.3 Å². The van der Waals surface area contributed by atoms with Gasteiger partial charge < -0.3 is 14.7 Å². The minimum absolute atomic E-state index is 0.0657. The molecule has 1 N–H and O–H groups in total. The van der Waals surface area contributed by atoms with Crippen molar-refractivity contribution in [2.75, 3.05) is 39.3 Å². The molecule has 188 valence electrons. The summed E-state index contributed by atoms with van der Waals surface area (Å²) < 4.78 is 6.65. The summed E-state index contributed by atoms with van der Waals surface area (Å²) in [7, 11) is 0. The zero-order valence-corrected chi connectivity index (χ0v) is 21.3. The summed E-state index contributed by atoms with van der Waals surface area (Å²) in [5, 5.41) is 9.90. The van der Waals surface area contributed by atoms with Crippen molar-refractivity contribution >= 4 is 5.91 Å². The molecule has 0 spiro atoms. The third kappa shape index (κ3) is 5.04. The number of ether oxygens (including phenoxy) is 1. The Balaban J connectivity index is 1.49. The zero-order chi connectivity index (χ0) is 25.1. The normalized spacial score (nSPS) is 20.3. The van der Waals surface area contributed by atoms with Gasteiger partial charge in [-0.15, -0.1) is 0 Å². The molecule has 0 radical (unpaired) electrons. The average Bonchev–Trinajstić information content (AvgIpc) is 3.73. The fraction of sp³-hybridized carbons (Fsp3) is 0.387. The number of amides is 1. The van der Waals surface area contributed by atoms with Crippen LogP contribution in [0.1, 0.15) is 48.2 Å². The minimum Gasteiger partial charge on any atom is -0.508 e. The van der Waals surface area contributed by atoms with Gasteiger partial charge >= 0.3 is 0 Å². The van der Waals surface area contributed by atoms with Crippen molar-refractivity contribution < 1.29 is 14.6 Å². The number of hydrogen-bond acceptors (Lipinski definition) is 4. The molecule has 5 heteroatoms. The lowest BCUT2D eigenvalue weighted by Gasteiger charge is -2.44. The molecule has 1 amide bonds. The van der Waals surface area contributed by atoms with E-state index in [9.17, 15) is 9.90 Å². The molecule has 2 aliphatic rings. The lowest BCUT2D eigenvalue weighted by Crippen LogP contribution is -2.51. The highest BCUT2D eigenvalue weighted by atomic mass is 16.5. The molecule has 36 heavy (non-hydrogen) atoms. The molecule has 1 aliphatic carbocycles. The van der Waals surface area contributed by atoms with E-state index in [1.165, 1.54) is 12.8 Å². The number of rotatable bonds is 8.